The standard InChI is InChI=1S/C15H26N4O/c1-4-13-6-5-8-18(9-7-13)14(20)10-19-12(3)15(16)11(2)17-19/h13H,4-10,16H2,1-3H3. The second-order valence-corrected chi connectivity index (χ2v) is 5.83. The van der Waals surface area contributed by atoms with Crippen molar-refractivity contribution in [2.75, 3.05) is 18.8 Å². The van der Waals surface area contributed by atoms with E-state index in [1.54, 1.807) is 4.68 Å². The van der Waals surface area contributed by atoms with Crippen molar-refractivity contribution < 1.29 is 4.79 Å². The highest BCUT2D eigenvalue weighted by Crippen LogP contribution is 2.21. The Bertz CT molecular complexity index is 480. The van der Waals surface area contributed by atoms with Crippen molar-refractivity contribution in [3.05, 3.63) is 11.4 Å². The fraction of sp³-hybridized carbons (Fsp3) is 0.733. The molecule has 1 aliphatic heterocycles. The second kappa shape index (κ2) is 6.29. The molecule has 1 aromatic rings. The van der Waals surface area contributed by atoms with Crippen LogP contribution >= 0.6 is 0 Å². The minimum Gasteiger partial charge on any atom is -0.396 e. The lowest BCUT2D eigenvalue weighted by atomic mass is 9.98. The van der Waals surface area contributed by atoms with Crippen LogP contribution in [0.1, 0.15) is 44.0 Å². The summed E-state index contributed by atoms with van der Waals surface area (Å²) < 4.78 is 1.73. The van der Waals surface area contributed by atoms with E-state index in [-0.39, 0.29) is 5.91 Å². The molecule has 5 nitrogen and oxygen atoms in total. The van der Waals surface area contributed by atoms with E-state index in [2.05, 4.69) is 12.0 Å². The number of rotatable bonds is 3. The first-order chi connectivity index (χ1) is 9.52. The number of nitrogens with zero attached hydrogens (tertiary/aromatic N) is 3. The number of aryl methyl sites for hydroxylation is 1. The Balaban J connectivity index is 1.99. The maximum Gasteiger partial charge on any atom is 0.244 e. The van der Waals surface area contributed by atoms with Crippen molar-refractivity contribution in [1.29, 1.82) is 0 Å². The van der Waals surface area contributed by atoms with Gasteiger partial charge in [0.05, 0.1) is 17.1 Å². The van der Waals surface area contributed by atoms with E-state index in [1.807, 2.05) is 18.7 Å². The first-order valence-corrected chi connectivity index (χ1v) is 7.60. The number of aromatic nitrogens is 2. The second-order valence-electron chi connectivity index (χ2n) is 5.83. The van der Waals surface area contributed by atoms with E-state index in [1.165, 1.54) is 12.8 Å². The maximum atomic E-state index is 12.4. The van der Waals surface area contributed by atoms with Gasteiger partial charge in [-0.05, 0) is 39.0 Å². The third kappa shape index (κ3) is 3.14. The van der Waals surface area contributed by atoms with Crippen LogP contribution in [-0.4, -0.2) is 33.7 Å². The molecule has 0 aromatic carbocycles. The summed E-state index contributed by atoms with van der Waals surface area (Å²) in [4.78, 5) is 14.4. The average Bonchev–Trinajstić information content (AvgIpc) is 2.66. The Hall–Kier alpha value is -1.52. The molecule has 1 atom stereocenters. The summed E-state index contributed by atoms with van der Waals surface area (Å²) in [6.45, 7) is 8.09. The lowest BCUT2D eigenvalue weighted by Gasteiger charge is -2.21. The summed E-state index contributed by atoms with van der Waals surface area (Å²) in [7, 11) is 0. The van der Waals surface area contributed by atoms with E-state index in [0.29, 0.717) is 12.2 Å². The van der Waals surface area contributed by atoms with Crippen LogP contribution in [0.2, 0.25) is 0 Å². The topological polar surface area (TPSA) is 64.2 Å². The number of likely N-dealkylation sites (tertiary alicyclic amines) is 1. The van der Waals surface area contributed by atoms with Gasteiger partial charge in [0.15, 0.2) is 0 Å². The monoisotopic (exact) mass is 278 g/mol. The molecule has 1 saturated heterocycles. The number of hydrogen-bond acceptors (Lipinski definition) is 3. The predicted octanol–water partition coefficient (Wildman–Crippen LogP) is 2.12. The molecule has 2 rings (SSSR count). The average molecular weight is 278 g/mol. The highest BCUT2D eigenvalue weighted by atomic mass is 16.2. The van der Waals surface area contributed by atoms with Gasteiger partial charge in [-0.2, -0.15) is 5.10 Å². The van der Waals surface area contributed by atoms with Crippen LogP contribution in [0, 0.1) is 19.8 Å². The van der Waals surface area contributed by atoms with Crippen LogP contribution in [0.15, 0.2) is 0 Å². The molecule has 0 spiro atoms. The number of carbonyl (C=O) groups is 1. The number of nitrogen functional groups attached to an aromatic ring is 1. The third-order valence-corrected chi connectivity index (χ3v) is 4.50. The quantitative estimate of drug-likeness (QED) is 0.921. The summed E-state index contributed by atoms with van der Waals surface area (Å²) >= 11 is 0. The molecule has 0 aliphatic carbocycles. The highest BCUT2D eigenvalue weighted by Gasteiger charge is 2.21. The molecule has 2 N–H and O–H groups in total. The molecule has 0 saturated carbocycles. The SMILES string of the molecule is CCC1CCCN(C(=O)Cn2nc(C)c(N)c2C)CC1. The number of carbonyl (C=O) groups excluding carboxylic acids is 1. The summed E-state index contributed by atoms with van der Waals surface area (Å²) in [6, 6.07) is 0. The van der Waals surface area contributed by atoms with E-state index < -0.39 is 0 Å². The van der Waals surface area contributed by atoms with Gasteiger partial charge in [-0.25, -0.2) is 0 Å². The van der Waals surface area contributed by atoms with Crippen molar-refractivity contribution in [1.82, 2.24) is 14.7 Å². The molecule has 1 fully saturated rings. The van der Waals surface area contributed by atoms with Crippen LogP contribution < -0.4 is 5.73 Å². The number of nitrogens with two attached hydrogens (primary N) is 1. The minimum absolute atomic E-state index is 0.160. The van der Waals surface area contributed by atoms with Crippen molar-refractivity contribution in [2.24, 2.45) is 5.92 Å². The molecule has 1 unspecified atom stereocenters. The van der Waals surface area contributed by atoms with Crippen molar-refractivity contribution >= 4 is 11.6 Å². The number of amides is 1. The van der Waals surface area contributed by atoms with Crippen molar-refractivity contribution in [3.8, 4) is 0 Å². The number of hydrogen-bond donors (Lipinski definition) is 1. The largest absolute Gasteiger partial charge is 0.396 e. The summed E-state index contributed by atoms with van der Waals surface area (Å²) in [5.41, 5.74) is 8.29. The Kier molecular flexibility index (Phi) is 4.68. The van der Waals surface area contributed by atoms with Crippen LogP contribution in [0.4, 0.5) is 5.69 Å². The van der Waals surface area contributed by atoms with E-state index in [4.69, 9.17) is 5.73 Å². The zero-order valence-corrected chi connectivity index (χ0v) is 12.9. The van der Waals surface area contributed by atoms with Crippen molar-refractivity contribution in [3.63, 3.8) is 0 Å². The normalized spacial score (nSPS) is 19.9. The van der Waals surface area contributed by atoms with Gasteiger partial charge in [0, 0.05) is 13.1 Å². The Labute approximate surface area is 121 Å². The zero-order chi connectivity index (χ0) is 14.7. The molecule has 1 aromatic heterocycles. The fourth-order valence-corrected chi connectivity index (χ4v) is 2.92. The zero-order valence-electron chi connectivity index (χ0n) is 12.9. The highest BCUT2D eigenvalue weighted by molar-refractivity contribution is 5.76. The van der Waals surface area contributed by atoms with Gasteiger partial charge in [-0.1, -0.05) is 13.3 Å². The smallest absolute Gasteiger partial charge is 0.244 e. The Morgan fingerprint density at radius 2 is 2.10 bits per heavy atom. The molecular formula is C15H26N4O. The maximum absolute atomic E-state index is 12.4. The molecule has 1 aliphatic rings. The minimum atomic E-state index is 0.160. The Morgan fingerprint density at radius 3 is 2.70 bits per heavy atom. The molecule has 2 heterocycles. The van der Waals surface area contributed by atoms with Crippen molar-refractivity contribution in [2.45, 2.75) is 53.0 Å². The van der Waals surface area contributed by atoms with E-state index in [9.17, 15) is 4.79 Å². The summed E-state index contributed by atoms with van der Waals surface area (Å²) in [5, 5.41) is 4.34. The van der Waals surface area contributed by atoms with Crippen LogP contribution in [0.5, 0.6) is 0 Å². The molecular weight excluding hydrogens is 252 g/mol. The van der Waals surface area contributed by atoms with Gasteiger partial charge in [0.25, 0.3) is 0 Å². The number of anilines is 1. The van der Waals surface area contributed by atoms with Gasteiger partial charge < -0.3 is 10.6 Å². The van der Waals surface area contributed by atoms with Crippen LogP contribution in [0.3, 0.4) is 0 Å². The Morgan fingerprint density at radius 1 is 1.35 bits per heavy atom. The predicted molar refractivity (Wildman–Crippen MR) is 80.3 cm³/mol. The summed E-state index contributed by atoms with van der Waals surface area (Å²) in [6.07, 6.45) is 4.70. The molecule has 1 amide bonds. The fourth-order valence-electron chi connectivity index (χ4n) is 2.92. The van der Waals surface area contributed by atoms with Gasteiger partial charge in [0.1, 0.15) is 6.54 Å². The third-order valence-electron chi connectivity index (χ3n) is 4.50. The molecule has 5 heteroatoms. The van der Waals surface area contributed by atoms with Crippen LogP contribution in [0.25, 0.3) is 0 Å². The first kappa shape index (κ1) is 14.9. The van der Waals surface area contributed by atoms with E-state index >= 15 is 0 Å². The van der Waals surface area contributed by atoms with Gasteiger partial charge in [-0.3, -0.25) is 9.48 Å². The molecule has 0 bridgehead atoms. The molecule has 20 heavy (non-hydrogen) atoms. The lowest BCUT2D eigenvalue weighted by molar-refractivity contribution is -0.132. The summed E-state index contributed by atoms with van der Waals surface area (Å²) in [5.74, 6) is 0.935. The van der Waals surface area contributed by atoms with Gasteiger partial charge in [0.2, 0.25) is 5.91 Å². The lowest BCUT2D eigenvalue weighted by Crippen LogP contribution is -2.35. The first-order valence-electron chi connectivity index (χ1n) is 7.60. The van der Waals surface area contributed by atoms with Gasteiger partial charge in [-0.15, -0.1) is 0 Å². The van der Waals surface area contributed by atoms with E-state index in [0.717, 1.165) is 43.2 Å². The molecule has 112 valence electrons. The molecule has 0 radical (unpaired) electrons. The van der Waals surface area contributed by atoms with Crippen LogP contribution in [-0.2, 0) is 11.3 Å². The van der Waals surface area contributed by atoms with Gasteiger partial charge >= 0.3 is 0 Å².